The first-order chi connectivity index (χ1) is 6.33. The molecule has 0 aromatic heterocycles. The number of rotatable bonds is 5. The molecule has 1 aromatic carbocycles. The second-order valence-electron chi connectivity index (χ2n) is 2.67. The molecular formula is C10H13BrOS. The van der Waals surface area contributed by atoms with Crippen molar-refractivity contribution >= 4 is 27.7 Å². The van der Waals surface area contributed by atoms with Crippen molar-refractivity contribution in [3.63, 3.8) is 0 Å². The van der Waals surface area contributed by atoms with Crippen LogP contribution in [0.5, 0.6) is 0 Å². The molecule has 0 amide bonds. The van der Waals surface area contributed by atoms with Gasteiger partial charge in [0, 0.05) is 23.1 Å². The highest BCUT2D eigenvalue weighted by Gasteiger charge is 1.93. The zero-order valence-electron chi connectivity index (χ0n) is 7.63. The molecule has 3 heteroatoms. The molecule has 0 saturated carbocycles. The molecule has 0 aliphatic carbocycles. The lowest BCUT2D eigenvalue weighted by atomic mass is 10.2. The van der Waals surface area contributed by atoms with Gasteiger partial charge < -0.3 is 4.74 Å². The Balaban J connectivity index is 2.25. The lowest BCUT2D eigenvalue weighted by molar-refractivity contribution is 0.218. The van der Waals surface area contributed by atoms with Gasteiger partial charge in [0.25, 0.3) is 0 Å². The van der Waals surface area contributed by atoms with Gasteiger partial charge in [-0.1, -0.05) is 28.1 Å². The van der Waals surface area contributed by atoms with Crippen LogP contribution in [0.4, 0.5) is 0 Å². The predicted octanol–water partition coefficient (Wildman–Crippen LogP) is 3.33. The highest BCUT2D eigenvalue weighted by Crippen LogP contribution is 2.15. The van der Waals surface area contributed by atoms with Crippen molar-refractivity contribution in [3.8, 4) is 0 Å². The van der Waals surface area contributed by atoms with E-state index in [-0.39, 0.29) is 0 Å². The lowest BCUT2D eigenvalue weighted by Crippen LogP contribution is -1.92. The first-order valence-electron chi connectivity index (χ1n) is 4.14. The maximum Gasteiger partial charge on any atom is 0.0553 e. The van der Waals surface area contributed by atoms with Crippen LogP contribution in [0.2, 0.25) is 0 Å². The van der Waals surface area contributed by atoms with Gasteiger partial charge in [0.15, 0.2) is 0 Å². The summed E-state index contributed by atoms with van der Waals surface area (Å²) in [6.07, 6.45) is 0. The minimum atomic E-state index is 0.835. The van der Waals surface area contributed by atoms with Crippen molar-refractivity contribution in [2.75, 3.05) is 19.5 Å². The van der Waals surface area contributed by atoms with E-state index in [4.69, 9.17) is 4.74 Å². The highest BCUT2D eigenvalue weighted by atomic mass is 79.9. The Morgan fingerprint density at radius 3 is 2.62 bits per heavy atom. The van der Waals surface area contributed by atoms with Gasteiger partial charge in [-0.2, -0.15) is 11.8 Å². The Hall–Kier alpha value is 0.01000. The summed E-state index contributed by atoms with van der Waals surface area (Å²) in [5, 5.41) is 0. The summed E-state index contributed by atoms with van der Waals surface area (Å²) in [7, 11) is 1.74. The summed E-state index contributed by atoms with van der Waals surface area (Å²) in [5.41, 5.74) is 1.37. The third-order valence-electron chi connectivity index (χ3n) is 1.61. The third kappa shape index (κ3) is 4.69. The van der Waals surface area contributed by atoms with Crippen LogP contribution >= 0.6 is 27.7 Å². The molecule has 13 heavy (non-hydrogen) atoms. The van der Waals surface area contributed by atoms with E-state index < -0.39 is 0 Å². The molecule has 72 valence electrons. The molecule has 0 aliphatic rings. The molecule has 0 atom stereocenters. The number of thioether (sulfide) groups is 1. The number of halogens is 1. The Morgan fingerprint density at radius 2 is 2.00 bits per heavy atom. The molecule has 1 rings (SSSR count). The summed E-state index contributed by atoms with van der Waals surface area (Å²) in [5.74, 6) is 2.13. The summed E-state index contributed by atoms with van der Waals surface area (Å²) < 4.78 is 6.11. The highest BCUT2D eigenvalue weighted by molar-refractivity contribution is 9.10. The van der Waals surface area contributed by atoms with Crippen LogP contribution in [-0.2, 0) is 10.5 Å². The van der Waals surface area contributed by atoms with Gasteiger partial charge in [-0.3, -0.25) is 0 Å². The van der Waals surface area contributed by atoms with E-state index in [0.717, 1.165) is 22.6 Å². The van der Waals surface area contributed by atoms with E-state index in [1.165, 1.54) is 5.56 Å². The summed E-state index contributed by atoms with van der Waals surface area (Å²) in [6.45, 7) is 0.835. The summed E-state index contributed by atoms with van der Waals surface area (Å²) >= 11 is 5.31. The van der Waals surface area contributed by atoms with Crippen molar-refractivity contribution in [1.82, 2.24) is 0 Å². The maximum atomic E-state index is 4.97. The molecule has 0 spiro atoms. The Morgan fingerprint density at radius 1 is 1.31 bits per heavy atom. The van der Waals surface area contributed by atoms with E-state index in [2.05, 4.69) is 40.2 Å². The van der Waals surface area contributed by atoms with E-state index in [9.17, 15) is 0 Å². The van der Waals surface area contributed by atoms with E-state index in [0.29, 0.717) is 0 Å². The van der Waals surface area contributed by atoms with Gasteiger partial charge in [0.05, 0.1) is 6.61 Å². The van der Waals surface area contributed by atoms with Gasteiger partial charge in [-0.15, -0.1) is 0 Å². The first-order valence-corrected chi connectivity index (χ1v) is 6.09. The van der Waals surface area contributed by atoms with Crippen LogP contribution in [0, 0.1) is 0 Å². The topological polar surface area (TPSA) is 9.23 Å². The van der Waals surface area contributed by atoms with E-state index >= 15 is 0 Å². The van der Waals surface area contributed by atoms with Crippen molar-refractivity contribution in [3.05, 3.63) is 34.3 Å². The maximum absolute atomic E-state index is 4.97. The van der Waals surface area contributed by atoms with Gasteiger partial charge >= 0.3 is 0 Å². The molecule has 0 fully saturated rings. The molecule has 1 aromatic rings. The monoisotopic (exact) mass is 260 g/mol. The molecule has 0 saturated heterocycles. The molecule has 1 nitrogen and oxygen atoms in total. The van der Waals surface area contributed by atoms with Crippen LogP contribution in [-0.4, -0.2) is 19.5 Å². The van der Waals surface area contributed by atoms with Crippen LogP contribution < -0.4 is 0 Å². The van der Waals surface area contributed by atoms with Crippen molar-refractivity contribution in [1.29, 1.82) is 0 Å². The average Bonchev–Trinajstić information content (AvgIpc) is 2.15. The zero-order chi connectivity index (χ0) is 9.52. The standard InChI is InChI=1S/C10H13BrOS/c1-12-6-7-13-8-9-2-4-10(11)5-3-9/h2-5H,6-8H2,1H3. The van der Waals surface area contributed by atoms with Crippen LogP contribution in [0.3, 0.4) is 0 Å². The minimum Gasteiger partial charge on any atom is -0.384 e. The largest absolute Gasteiger partial charge is 0.384 e. The average molecular weight is 261 g/mol. The molecule has 0 bridgehead atoms. The van der Waals surface area contributed by atoms with Crippen molar-refractivity contribution in [2.24, 2.45) is 0 Å². The normalized spacial score (nSPS) is 10.3. The van der Waals surface area contributed by atoms with Crippen LogP contribution in [0.15, 0.2) is 28.7 Å². The smallest absolute Gasteiger partial charge is 0.0553 e. The van der Waals surface area contributed by atoms with E-state index in [1.54, 1.807) is 7.11 Å². The SMILES string of the molecule is COCCSCc1ccc(Br)cc1. The Bertz CT molecular complexity index is 235. The summed E-state index contributed by atoms with van der Waals surface area (Å²) in [6, 6.07) is 8.44. The van der Waals surface area contributed by atoms with Gasteiger partial charge in [-0.25, -0.2) is 0 Å². The fraction of sp³-hybridized carbons (Fsp3) is 0.400. The molecule has 0 N–H and O–H groups in total. The number of hydrogen-bond acceptors (Lipinski definition) is 2. The number of ether oxygens (including phenoxy) is 1. The quantitative estimate of drug-likeness (QED) is 0.752. The Kier molecular flexibility index (Phi) is 5.51. The first kappa shape index (κ1) is 11.1. The predicted molar refractivity (Wildman–Crippen MR) is 62.2 cm³/mol. The van der Waals surface area contributed by atoms with Crippen LogP contribution in [0.1, 0.15) is 5.56 Å². The fourth-order valence-electron chi connectivity index (χ4n) is 0.913. The van der Waals surface area contributed by atoms with Gasteiger partial charge in [0.2, 0.25) is 0 Å². The molecule has 0 radical (unpaired) electrons. The fourth-order valence-corrected chi connectivity index (χ4v) is 2.03. The van der Waals surface area contributed by atoms with Gasteiger partial charge in [-0.05, 0) is 17.7 Å². The molecular weight excluding hydrogens is 248 g/mol. The number of methoxy groups -OCH3 is 1. The number of benzene rings is 1. The molecule has 0 unspecified atom stereocenters. The number of hydrogen-bond donors (Lipinski definition) is 0. The van der Waals surface area contributed by atoms with Crippen LogP contribution in [0.25, 0.3) is 0 Å². The van der Waals surface area contributed by atoms with Crippen molar-refractivity contribution in [2.45, 2.75) is 5.75 Å². The van der Waals surface area contributed by atoms with Crippen molar-refractivity contribution < 1.29 is 4.74 Å². The van der Waals surface area contributed by atoms with E-state index in [1.807, 2.05) is 11.8 Å². The summed E-state index contributed by atoms with van der Waals surface area (Å²) in [4.78, 5) is 0. The molecule has 0 aliphatic heterocycles. The minimum absolute atomic E-state index is 0.835. The third-order valence-corrected chi connectivity index (χ3v) is 3.14. The molecule has 0 heterocycles. The van der Waals surface area contributed by atoms with Gasteiger partial charge in [0.1, 0.15) is 0 Å². The zero-order valence-corrected chi connectivity index (χ0v) is 10.0. The Labute approximate surface area is 92.0 Å². The lowest BCUT2D eigenvalue weighted by Gasteiger charge is -2.01. The second-order valence-corrected chi connectivity index (χ2v) is 4.69. The second kappa shape index (κ2) is 6.46.